The van der Waals surface area contributed by atoms with Crippen LogP contribution in [0, 0.1) is 5.82 Å². The van der Waals surface area contributed by atoms with Crippen molar-refractivity contribution in [3.63, 3.8) is 0 Å². The van der Waals surface area contributed by atoms with Gasteiger partial charge >= 0.3 is 0 Å². The Labute approximate surface area is 168 Å². The Morgan fingerprint density at radius 2 is 1.72 bits per heavy atom. The maximum absolute atomic E-state index is 13.2. The first-order valence-electron chi connectivity index (χ1n) is 9.22. The second kappa shape index (κ2) is 8.26. The van der Waals surface area contributed by atoms with Crippen molar-refractivity contribution in [3.8, 4) is 17.0 Å². The van der Waals surface area contributed by atoms with E-state index in [0.717, 1.165) is 4.68 Å². The third-order valence-electron chi connectivity index (χ3n) is 4.45. The van der Waals surface area contributed by atoms with Gasteiger partial charge in [0.15, 0.2) is 0 Å². The van der Waals surface area contributed by atoms with Gasteiger partial charge in [-0.25, -0.2) is 9.07 Å². The minimum atomic E-state index is -1.26. The first-order chi connectivity index (χ1) is 13.8. The van der Waals surface area contributed by atoms with Gasteiger partial charge in [-0.1, -0.05) is 0 Å². The van der Waals surface area contributed by atoms with Crippen molar-refractivity contribution in [1.82, 2.24) is 9.78 Å². The molecular weight excluding hydrogens is 373 g/mol. The van der Waals surface area contributed by atoms with Crippen LogP contribution in [-0.4, -0.2) is 22.3 Å². The van der Waals surface area contributed by atoms with Gasteiger partial charge in [0.25, 0.3) is 11.5 Å². The molecule has 6 nitrogen and oxygen atoms in total. The molecule has 0 aliphatic rings. The maximum atomic E-state index is 13.2. The van der Waals surface area contributed by atoms with Crippen molar-refractivity contribution in [1.29, 1.82) is 0 Å². The van der Waals surface area contributed by atoms with E-state index in [0.29, 0.717) is 29.3 Å². The molecule has 1 amide bonds. The maximum Gasteiger partial charge on any atom is 0.267 e. The Morgan fingerprint density at radius 3 is 2.34 bits per heavy atom. The van der Waals surface area contributed by atoms with Crippen molar-refractivity contribution < 1.29 is 13.9 Å². The summed E-state index contributed by atoms with van der Waals surface area (Å²) in [5, 5.41) is 7.15. The third-order valence-corrected chi connectivity index (χ3v) is 4.45. The zero-order valence-corrected chi connectivity index (χ0v) is 16.5. The highest BCUT2D eigenvalue weighted by Crippen LogP contribution is 2.21. The van der Waals surface area contributed by atoms with Crippen LogP contribution >= 0.6 is 0 Å². The van der Waals surface area contributed by atoms with Gasteiger partial charge in [-0.15, -0.1) is 0 Å². The minimum absolute atomic E-state index is 0.364. The second-order valence-corrected chi connectivity index (χ2v) is 6.95. The molecule has 0 atom stereocenters. The lowest BCUT2D eigenvalue weighted by Crippen LogP contribution is -2.47. The van der Waals surface area contributed by atoms with E-state index in [2.05, 4.69) is 10.4 Å². The molecule has 150 valence electrons. The number of anilines is 1. The molecule has 7 heteroatoms. The first-order valence-corrected chi connectivity index (χ1v) is 9.22. The number of nitrogens with zero attached hydrogens (tertiary/aromatic N) is 2. The highest BCUT2D eigenvalue weighted by molar-refractivity contribution is 5.96. The molecule has 0 saturated carbocycles. The number of carbonyl (C=O) groups excluding carboxylic acids is 1. The van der Waals surface area contributed by atoms with Crippen molar-refractivity contribution in [3.05, 3.63) is 76.8 Å². The van der Waals surface area contributed by atoms with Crippen LogP contribution in [-0.2, 0) is 10.3 Å². The lowest BCUT2D eigenvalue weighted by Gasteiger charge is -2.25. The lowest BCUT2D eigenvalue weighted by atomic mass is 10.0. The highest BCUT2D eigenvalue weighted by Gasteiger charge is 2.32. The largest absolute Gasteiger partial charge is 0.494 e. The number of nitrogens with one attached hydrogen (secondary N) is 1. The van der Waals surface area contributed by atoms with Crippen LogP contribution in [0.4, 0.5) is 10.1 Å². The van der Waals surface area contributed by atoms with Gasteiger partial charge in [0.05, 0.1) is 12.3 Å². The van der Waals surface area contributed by atoms with E-state index in [-0.39, 0.29) is 5.82 Å². The van der Waals surface area contributed by atoms with E-state index in [9.17, 15) is 14.0 Å². The standard InChI is InChI=1S/C22H22FN3O3/c1-4-29-18-11-9-17(10-12-18)24-21(28)22(2,3)26-20(27)14-13-19(25-26)15-5-7-16(23)8-6-15/h5-14H,4H2,1-3H3,(H,24,28). The van der Waals surface area contributed by atoms with Gasteiger partial charge in [-0.05, 0) is 75.4 Å². The van der Waals surface area contributed by atoms with E-state index in [1.54, 1.807) is 56.3 Å². The molecule has 0 aliphatic carbocycles. The molecule has 0 saturated heterocycles. The molecule has 29 heavy (non-hydrogen) atoms. The monoisotopic (exact) mass is 395 g/mol. The van der Waals surface area contributed by atoms with Gasteiger partial charge < -0.3 is 10.1 Å². The molecule has 0 aliphatic heterocycles. The topological polar surface area (TPSA) is 73.2 Å². The number of halogens is 1. The fourth-order valence-corrected chi connectivity index (χ4v) is 2.77. The number of carbonyl (C=O) groups is 1. The summed E-state index contributed by atoms with van der Waals surface area (Å²) in [5.74, 6) is -0.0562. The zero-order chi connectivity index (χ0) is 21.0. The predicted octanol–water partition coefficient (Wildman–Crippen LogP) is 3.82. The van der Waals surface area contributed by atoms with E-state index in [4.69, 9.17) is 4.74 Å². The summed E-state index contributed by atoms with van der Waals surface area (Å²) in [6, 6.07) is 15.6. The number of ether oxygens (including phenoxy) is 1. The van der Waals surface area contributed by atoms with Crippen LogP contribution in [0.5, 0.6) is 5.75 Å². The second-order valence-electron chi connectivity index (χ2n) is 6.95. The summed E-state index contributed by atoms with van der Waals surface area (Å²) in [5.41, 5.74) is 0.0116. The summed E-state index contributed by atoms with van der Waals surface area (Å²) >= 11 is 0. The molecule has 3 rings (SSSR count). The lowest BCUT2D eigenvalue weighted by molar-refractivity contribution is -0.123. The average Bonchev–Trinajstić information content (AvgIpc) is 2.70. The highest BCUT2D eigenvalue weighted by atomic mass is 19.1. The summed E-state index contributed by atoms with van der Waals surface area (Å²) < 4.78 is 19.7. The van der Waals surface area contributed by atoms with Gasteiger partial charge in [-0.2, -0.15) is 5.10 Å². The number of rotatable bonds is 6. The van der Waals surface area contributed by atoms with Gasteiger partial charge in [0.1, 0.15) is 17.1 Å². The van der Waals surface area contributed by atoms with Gasteiger partial charge in [-0.3, -0.25) is 9.59 Å². The van der Waals surface area contributed by atoms with Crippen molar-refractivity contribution >= 4 is 11.6 Å². The molecular formula is C22H22FN3O3. The van der Waals surface area contributed by atoms with E-state index < -0.39 is 17.0 Å². The Hall–Kier alpha value is -3.48. The number of benzene rings is 2. The third kappa shape index (κ3) is 4.51. The van der Waals surface area contributed by atoms with Crippen LogP contribution in [0.3, 0.4) is 0 Å². The molecule has 1 heterocycles. The molecule has 0 fully saturated rings. The Balaban J connectivity index is 1.87. The molecule has 1 N–H and O–H groups in total. The number of hydrogen-bond acceptors (Lipinski definition) is 4. The van der Waals surface area contributed by atoms with Gasteiger partial charge in [0, 0.05) is 17.3 Å². The van der Waals surface area contributed by atoms with Crippen LogP contribution in [0.2, 0.25) is 0 Å². The molecule has 0 unspecified atom stereocenters. The Kier molecular flexibility index (Phi) is 5.77. The van der Waals surface area contributed by atoms with Crippen molar-refractivity contribution in [2.24, 2.45) is 0 Å². The van der Waals surface area contributed by atoms with Crippen LogP contribution in [0.1, 0.15) is 20.8 Å². The number of aromatic nitrogens is 2. The fourth-order valence-electron chi connectivity index (χ4n) is 2.77. The van der Waals surface area contributed by atoms with E-state index in [1.165, 1.54) is 18.2 Å². The molecule has 1 aromatic heterocycles. The summed E-state index contributed by atoms with van der Waals surface area (Å²) in [6.45, 7) is 5.67. The summed E-state index contributed by atoms with van der Waals surface area (Å²) in [4.78, 5) is 25.3. The van der Waals surface area contributed by atoms with Crippen molar-refractivity contribution in [2.75, 3.05) is 11.9 Å². The van der Waals surface area contributed by atoms with Gasteiger partial charge in [0.2, 0.25) is 0 Å². The quantitative estimate of drug-likeness (QED) is 0.689. The van der Waals surface area contributed by atoms with Crippen LogP contribution in [0.15, 0.2) is 65.5 Å². The molecule has 0 radical (unpaired) electrons. The number of hydrogen-bond donors (Lipinski definition) is 1. The molecule has 0 bridgehead atoms. The Bertz CT molecular complexity index is 1060. The fraction of sp³-hybridized carbons (Fsp3) is 0.227. The molecule has 2 aromatic carbocycles. The van der Waals surface area contributed by atoms with E-state index in [1.807, 2.05) is 6.92 Å². The SMILES string of the molecule is CCOc1ccc(NC(=O)C(C)(C)n2nc(-c3ccc(F)cc3)ccc2=O)cc1. The summed E-state index contributed by atoms with van der Waals surface area (Å²) in [6.07, 6.45) is 0. The summed E-state index contributed by atoms with van der Waals surface area (Å²) in [7, 11) is 0. The van der Waals surface area contributed by atoms with Crippen LogP contribution < -0.4 is 15.6 Å². The zero-order valence-electron chi connectivity index (χ0n) is 16.5. The van der Waals surface area contributed by atoms with Crippen molar-refractivity contribution in [2.45, 2.75) is 26.3 Å². The average molecular weight is 395 g/mol. The normalized spacial score (nSPS) is 11.2. The smallest absolute Gasteiger partial charge is 0.267 e. The predicted molar refractivity (Wildman–Crippen MR) is 109 cm³/mol. The molecule has 3 aromatic rings. The Morgan fingerprint density at radius 1 is 1.07 bits per heavy atom. The van der Waals surface area contributed by atoms with Crippen LogP contribution in [0.25, 0.3) is 11.3 Å². The minimum Gasteiger partial charge on any atom is -0.494 e. The van der Waals surface area contributed by atoms with E-state index >= 15 is 0 Å². The number of amides is 1. The first kappa shape index (κ1) is 20.3. The molecule has 0 spiro atoms.